The number of nitrogens with one attached hydrogen (secondary N) is 1. The minimum Gasteiger partial charge on any atom is -0.487 e. The molecular formula is C22H32N2O5S2. The Morgan fingerprint density at radius 2 is 1.81 bits per heavy atom. The molecule has 0 amide bonds. The van der Waals surface area contributed by atoms with Gasteiger partial charge in [0.1, 0.15) is 18.0 Å². The standard InChI is InChI=1S/C17H22N2O3S2.C5H10O2/c1-12-16(19-17(23-12)13-7-9-18-10-8-13)11-22-14-3-5-15(6-4-14)24(2,20)21;1-5(2,3)7-4-6/h3-6,13,18H,7-11H2,1-2H3;4H,1-3H3. The summed E-state index contributed by atoms with van der Waals surface area (Å²) in [5.41, 5.74) is 0.655. The molecule has 172 valence electrons. The Balaban J connectivity index is 0.000000423. The number of carbonyl (C=O) groups is 1. The fraction of sp³-hybridized carbons (Fsp3) is 0.545. The summed E-state index contributed by atoms with van der Waals surface area (Å²) < 4.78 is 33.3. The monoisotopic (exact) mass is 468 g/mol. The van der Waals surface area contributed by atoms with Crippen LogP contribution in [0.15, 0.2) is 29.2 Å². The molecule has 0 saturated carbocycles. The number of nitrogens with zero attached hydrogens (tertiary/aromatic N) is 1. The van der Waals surface area contributed by atoms with Gasteiger partial charge in [-0.2, -0.15) is 0 Å². The number of sulfone groups is 1. The molecule has 1 aromatic carbocycles. The first-order chi connectivity index (χ1) is 14.5. The maximum absolute atomic E-state index is 11.5. The number of hydrogen-bond acceptors (Lipinski definition) is 8. The number of rotatable bonds is 6. The molecule has 1 saturated heterocycles. The summed E-state index contributed by atoms with van der Waals surface area (Å²) in [5.74, 6) is 1.20. The second-order valence-electron chi connectivity index (χ2n) is 8.44. The van der Waals surface area contributed by atoms with E-state index in [4.69, 9.17) is 9.72 Å². The highest BCUT2D eigenvalue weighted by Gasteiger charge is 2.20. The largest absolute Gasteiger partial charge is 0.487 e. The highest BCUT2D eigenvalue weighted by atomic mass is 32.2. The Hall–Kier alpha value is -1.97. The molecule has 2 aromatic rings. The molecule has 2 heterocycles. The van der Waals surface area contributed by atoms with Gasteiger partial charge in [0.05, 0.1) is 15.6 Å². The third kappa shape index (κ3) is 8.59. The lowest BCUT2D eigenvalue weighted by molar-refractivity contribution is -0.138. The van der Waals surface area contributed by atoms with Crippen molar-refractivity contribution in [2.75, 3.05) is 19.3 Å². The molecular weight excluding hydrogens is 436 g/mol. The molecule has 0 atom stereocenters. The van der Waals surface area contributed by atoms with Gasteiger partial charge in [-0.25, -0.2) is 13.4 Å². The van der Waals surface area contributed by atoms with Crippen LogP contribution in [0.4, 0.5) is 0 Å². The Morgan fingerprint density at radius 1 is 1.19 bits per heavy atom. The molecule has 1 fully saturated rings. The van der Waals surface area contributed by atoms with E-state index in [1.165, 1.54) is 16.1 Å². The van der Waals surface area contributed by atoms with Crippen LogP contribution in [0.3, 0.4) is 0 Å². The minimum absolute atomic E-state index is 0.299. The average Bonchev–Trinajstić information content (AvgIpc) is 3.07. The van der Waals surface area contributed by atoms with E-state index >= 15 is 0 Å². The molecule has 31 heavy (non-hydrogen) atoms. The van der Waals surface area contributed by atoms with Crippen molar-refractivity contribution in [3.8, 4) is 5.75 Å². The van der Waals surface area contributed by atoms with Crippen LogP contribution >= 0.6 is 11.3 Å². The second-order valence-corrected chi connectivity index (χ2v) is 11.7. The number of thiazole rings is 1. The number of carbonyl (C=O) groups excluding carboxylic acids is 1. The zero-order chi connectivity index (χ0) is 23.1. The van der Waals surface area contributed by atoms with Crippen LogP contribution in [0.1, 0.15) is 55.1 Å². The Morgan fingerprint density at radius 3 is 2.29 bits per heavy atom. The molecule has 3 rings (SSSR count). The van der Waals surface area contributed by atoms with Gasteiger partial charge < -0.3 is 14.8 Å². The van der Waals surface area contributed by atoms with Gasteiger partial charge in [-0.15, -0.1) is 11.3 Å². The lowest BCUT2D eigenvalue weighted by Gasteiger charge is -2.20. The summed E-state index contributed by atoms with van der Waals surface area (Å²) in [6.07, 6.45) is 3.48. The molecule has 9 heteroatoms. The number of hydrogen-bond donors (Lipinski definition) is 1. The van der Waals surface area contributed by atoms with Gasteiger partial charge >= 0.3 is 0 Å². The zero-order valence-corrected chi connectivity index (χ0v) is 20.4. The van der Waals surface area contributed by atoms with Crippen LogP contribution in [-0.4, -0.2) is 44.8 Å². The van der Waals surface area contributed by atoms with Crippen molar-refractivity contribution in [3.63, 3.8) is 0 Å². The molecule has 1 N–H and O–H groups in total. The van der Waals surface area contributed by atoms with Crippen molar-refractivity contribution in [1.82, 2.24) is 10.3 Å². The van der Waals surface area contributed by atoms with E-state index in [0.717, 1.165) is 31.6 Å². The lowest BCUT2D eigenvalue weighted by atomic mass is 9.99. The summed E-state index contributed by atoms with van der Waals surface area (Å²) in [6, 6.07) is 6.51. The second kappa shape index (κ2) is 11.1. The molecule has 1 aliphatic heterocycles. The predicted octanol–water partition coefficient (Wildman–Crippen LogP) is 3.86. The number of piperidine rings is 1. The van der Waals surface area contributed by atoms with Crippen LogP contribution in [0.25, 0.3) is 0 Å². The van der Waals surface area contributed by atoms with Gasteiger partial charge in [-0.1, -0.05) is 0 Å². The Bertz CT molecular complexity index is 941. The van der Waals surface area contributed by atoms with Crippen molar-refractivity contribution >= 4 is 27.6 Å². The normalized spacial score (nSPS) is 15.0. The first-order valence-corrected chi connectivity index (χ1v) is 12.9. The third-order valence-electron chi connectivity index (χ3n) is 4.63. The Kier molecular flexibility index (Phi) is 9.02. The molecule has 1 aliphatic rings. The maximum Gasteiger partial charge on any atom is 0.293 e. The highest BCUT2D eigenvalue weighted by molar-refractivity contribution is 7.90. The summed E-state index contributed by atoms with van der Waals surface area (Å²) in [4.78, 5) is 15.9. The van der Waals surface area contributed by atoms with Crippen molar-refractivity contribution in [2.45, 2.75) is 63.6 Å². The molecule has 1 aromatic heterocycles. The van der Waals surface area contributed by atoms with Crippen LogP contribution in [-0.2, 0) is 26.0 Å². The van der Waals surface area contributed by atoms with Crippen molar-refractivity contribution in [3.05, 3.63) is 39.8 Å². The molecule has 0 radical (unpaired) electrons. The number of aryl methyl sites for hydroxylation is 1. The fourth-order valence-corrected chi connectivity index (χ4v) is 4.63. The zero-order valence-electron chi connectivity index (χ0n) is 18.8. The van der Waals surface area contributed by atoms with Crippen LogP contribution in [0.2, 0.25) is 0 Å². The molecule has 7 nitrogen and oxygen atoms in total. The van der Waals surface area contributed by atoms with E-state index in [9.17, 15) is 13.2 Å². The van der Waals surface area contributed by atoms with E-state index in [1.807, 2.05) is 20.8 Å². The summed E-state index contributed by atoms with van der Waals surface area (Å²) >= 11 is 1.76. The van der Waals surface area contributed by atoms with Gasteiger partial charge in [0.15, 0.2) is 9.84 Å². The van der Waals surface area contributed by atoms with Crippen molar-refractivity contribution in [1.29, 1.82) is 0 Å². The first-order valence-electron chi connectivity index (χ1n) is 10.2. The summed E-state index contributed by atoms with van der Waals surface area (Å²) in [5, 5.41) is 4.59. The molecule has 0 aliphatic carbocycles. The van der Waals surface area contributed by atoms with Crippen molar-refractivity contribution < 1.29 is 22.7 Å². The van der Waals surface area contributed by atoms with Crippen LogP contribution in [0, 0.1) is 6.92 Å². The van der Waals surface area contributed by atoms with Gasteiger partial charge in [0, 0.05) is 17.1 Å². The Labute approximate surface area is 189 Å². The number of aromatic nitrogens is 1. The fourth-order valence-electron chi connectivity index (χ4n) is 2.91. The maximum atomic E-state index is 11.5. The highest BCUT2D eigenvalue weighted by Crippen LogP contribution is 2.31. The summed E-state index contributed by atoms with van der Waals surface area (Å²) in [6.45, 7) is 10.5. The topological polar surface area (TPSA) is 94.6 Å². The van der Waals surface area contributed by atoms with E-state index in [2.05, 4.69) is 17.0 Å². The smallest absolute Gasteiger partial charge is 0.293 e. The quantitative estimate of drug-likeness (QED) is 0.643. The molecule has 0 bridgehead atoms. The van der Waals surface area contributed by atoms with E-state index < -0.39 is 9.84 Å². The minimum atomic E-state index is -3.17. The molecule has 0 spiro atoms. The average molecular weight is 469 g/mol. The molecule has 0 unspecified atom stereocenters. The first kappa shape index (κ1) is 25.3. The van der Waals surface area contributed by atoms with E-state index in [1.54, 1.807) is 35.6 Å². The van der Waals surface area contributed by atoms with Crippen LogP contribution < -0.4 is 10.1 Å². The predicted molar refractivity (Wildman–Crippen MR) is 122 cm³/mol. The van der Waals surface area contributed by atoms with E-state index in [-0.39, 0.29) is 5.60 Å². The SMILES string of the molecule is CC(C)(C)OC=O.Cc1sc(C2CCNCC2)nc1COc1ccc(S(C)(=O)=O)cc1. The van der Waals surface area contributed by atoms with Crippen molar-refractivity contribution in [2.24, 2.45) is 0 Å². The summed E-state index contributed by atoms with van der Waals surface area (Å²) in [7, 11) is -3.17. The van der Waals surface area contributed by atoms with Gasteiger partial charge in [-0.3, -0.25) is 4.79 Å². The van der Waals surface area contributed by atoms with Gasteiger partial charge in [0.25, 0.3) is 6.47 Å². The number of benzene rings is 1. The van der Waals surface area contributed by atoms with E-state index in [0.29, 0.717) is 29.6 Å². The lowest BCUT2D eigenvalue weighted by Crippen LogP contribution is -2.26. The van der Waals surface area contributed by atoms with Gasteiger partial charge in [-0.05, 0) is 77.9 Å². The third-order valence-corrected chi connectivity index (χ3v) is 6.93. The number of ether oxygens (including phenoxy) is 2. The van der Waals surface area contributed by atoms with Gasteiger partial charge in [0.2, 0.25) is 0 Å². The van der Waals surface area contributed by atoms with Crippen LogP contribution in [0.5, 0.6) is 5.75 Å².